The Morgan fingerprint density at radius 2 is 1.69 bits per heavy atom. The number of hydrogen-bond acceptors (Lipinski definition) is 6. The van der Waals surface area contributed by atoms with Crippen molar-refractivity contribution < 1.29 is 28.7 Å². The molecule has 7 nitrogen and oxygen atoms in total. The lowest BCUT2D eigenvalue weighted by atomic mass is 9.85. The summed E-state index contributed by atoms with van der Waals surface area (Å²) in [5, 5.41) is 0. The van der Waals surface area contributed by atoms with E-state index in [4.69, 9.17) is 9.47 Å². The minimum absolute atomic E-state index is 0.0336. The monoisotopic (exact) mass is 545 g/mol. The summed E-state index contributed by atoms with van der Waals surface area (Å²) in [5.41, 5.74) is 1.22. The molecule has 39 heavy (non-hydrogen) atoms. The number of carbonyl (C=O) groups is 4. The topological polar surface area (TPSA) is 90.0 Å². The van der Waals surface area contributed by atoms with E-state index in [0.717, 1.165) is 51.4 Å². The first-order chi connectivity index (χ1) is 18.6. The molecule has 0 aliphatic carbocycles. The van der Waals surface area contributed by atoms with Crippen LogP contribution in [0.15, 0.2) is 11.6 Å². The molecule has 3 heterocycles. The van der Waals surface area contributed by atoms with E-state index < -0.39 is 29.8 Å². The van der Waals surface area contributed by atoms with Crippen molar-refractivity contribution in [2.24, 2.45) is 23.7 Å². The highest BCUT2D eigenvalue weighted by Crippen LogP contribution is 2.32. The van der Waals surface area contributed by atoms with Crippen LogP contribution in [0.5, 0.6) is 0 Å². The van der Waals surface area contributed by atoms with Crippen LogP contribution in [-0.4, -0.2) is 59.7 Å². The number of fused-ring (bicyclic) bond motifs is 3. The Labute approximate surface area is 235 Å². The molecule has 2 fully saturated rings. The minimum atomic E-state index is -0.765. The first-order valence-electron chi connectivity index (χ1n) is 15.4. The Balaban J connectivity index is 1.80. The maximum Gasteiger partial charge on any atom is 0.328 e. The van der Waals surface area contributed by atoms with Gasteiger partial charge in [-0.2, -0.15) is 0 Å². The van der Waals surface area contributed by atoms with Crippen molar-refractivity contribution in [3.05, 3.63) is 11.6 Å². The predicted molar refractivity (Wildman–Crippen MR) is 151 cm³/mol. The quantitative estimate of drug-likeness (QED) is 0.246. The molecule has 220 valence electrons. The van der Waals surface area contributed by atoms with Gasteiger partial charge in [-0.25, -0.2) is 4.79 Å². The van der Waals surface area contributed by atoms with E-state index in [1.54, 1.807) is 0 Å². The Hall–Kier alpha value is -2.02. The van der Waals surface area contributed by atoms with Crippen molar-refractivity contribution in [2.45, 2.75) is 130 Å². The maximum atomic E-state index is 13.6. The summed E-state index contributed by atoms with van der Waals surface area (Å²) in [6.45, 7) is 11.0. The maximum absolute atomic E-state index is 13.6. The zero-order chi connectivity index (χ0) is 28.5. The molecule has 1 amide bonds. The zero-order valence-corrected chi connectivity index (χ0v) is 24.9. The zero-order valence-electron chi connectivity index (χ0n) is 24.9. The van der Waals surface area contributed by atoms with Gasteiger partial charge in [-0.3, -0.25) is 14.4 Å². The summed E-state index contributed by atoms with van der Waals surface area (Å²) in [6.07, 6.45) is 10.5. The number of ketones is 2. The Bertz CT molecular complexity index is 897. The fourth-order valence-corrected chi connectivity index (χ4v) is 6.39. The standard InChI is InChI=1S/C32H51NO6/c1-6-7-25-16-17-33-28(19-25)32(37)38-20-23(4)9-13-26(34)12-8-21(2)18-22(3)10-14-27-15-11-24(5)30(39-27)29(35)31(33)36/h8,22-25,27-28,30H,6-7,9-20H2,1-5H3. The summed E-state index contributed by atoms with van der Waals surface area (Å²) in [5.74, 6) is -0.612. The molecule has 0 N–H and O–H groups in total. The highest BCUT2D eigenvalue weighted by Gasteiger charge is 2.43. The van der Waals surface area contributed by atoms with Crippen LogP contribution in [0.3, 0.4) is 0 Å². The molecule has 2 bridgehead atoms. The average Bonchev–Trinajstić information content (AvgIpc) is 2.92. The molecular formula is C32H51NO6. The van der Waals surface area contributed by atoms with Crippen LogP contribution < -0.4 is 0 Å². The van der Waals surface area contributed by atoms with Crippen molar-refractivity contribution in [1.82, 2.24) is 4.90 Å². The molecule has 2 saturated heterocycles. The van der Waals surface area contributed by atoms with Crippen LogP contribution >= 0.6 is 0 Å². The molecule has 7 heteroatoms. The fraction of sp³-hybridized carbons (Fsp3) is 0.812. The van der Waals surface area contributed by atoms with Gasteiger partial charge < -0.3 is 14.4 Å². The van der Waals surface area contributed by atoms with Crippen LogP contribution in [0.25, 0.3) is 0 Å². The Morgan fingerprint density at radius 1 is 0.949 bits per heavy atom. The Morgan fingerprint density at radius 3 is 2.44 bits per heavy atom. The molecule has 0 saturated carbocycles. The van der Waals surface area contributed by atoms with Gasteiger partial charge >= 0.3 is 5.97 Å². The van der Waals surface area contributed by atoms with Crippen molar-refractivity contribution in [2.75, 3.05) is 13.2 Å². The summed E-state index contributed by atoms with van der Waals surface area (Å²) in [4.78, 5) is 54.4. The number of piperidine rings is 1. The van der Waals surface area contributed by atoms with Crippen molar-refractivity contribution in [1.29, 1.82) is 0 Å². The number of esters is 1. The number of amides is 1. The predicted octanol–water partition coefficient (Wildman–Crippen LogP) is 5.83. The second-order valence-electron chi connectivity index (χ2n) is 12.7. The van der Waals surface area contributed by atoms with Gasteiger partial charge in [0.2, 0.25) is 5.78 Å². The van der Waals surface area contributed by atoms with Crippen molar-refractivity contribution >= 4 is 23.4 Å². The van der Waals surface area contributed by atoms with Crippen molar-refractivity contribution in [3.63, 3.8) is 0 Å². The summed E-state index contributed by atoms with van der Waals surface area (Å²) in [7, 11) is 0. The van der Waals surface area contributed by atoms with Crippen LogP contribution in [-0.2, 0) is 28.7 Å². The largest absolute Gasteiger partial charge is 0.464 e. The van der Waals surface area contributed by atoms with Gasteiger partial charge in [-0.1, -0.05) is 52.2 Å². The number of allylic oxidation sites excluding steroid dienone is 2. The van der Waals surface area contributed by atoms with E-state index in [-0.39, 0.29) is 30.3 Å². The van der Waals surface area contributed by atoms with E-state index in [1.165, 1.54) is 10.5 Å². The number of cyclic esters (lactones) is 1. The van der Waals surface area contributed by atoms with Gasteiger partial charge in [0.25, 0.3) is 5.91 Å². The lowest BCUT2D eigenvalue weighted by Gasteiger charge is -2.39. The smallest absolute Gasteiger partial charge is 0.328 e. The van der Waals surface area contributed by atoms with E-state index >= 15 is 0 Å². The van der Waals surface area contributed by atoms with Crippen LogP contribution in [0, 0.1) is 23.7 Å². The minimum Gasteiger partial charge on any atom is -0.464 e. The van der Waals surface area contributed by atoms with E-state index in [0.29, 0.717) is 44.1 Å². The van der Waals surface area contributed by atoms with Gasteiger partial charge in [-0.05, 0) is 82.0 Å². The molecule has 0 spiro atoms. The molecule has 0 radical (unpaired) electrons. The third-order valence-electron chi connectivity index (χ3n) is 8.97. The summed E-state index contributed by atoms with van der Waals surface area (Å²) in [6, 6.07) is -0.752. The third kappa shape index (κ3) is 9.26. The number of hydrogen-bond donors (Lipinski definition) is 0. The van der Waals surface area contributed by atoms with Gasteiger partial charge in [0, 0.05) is 19.4 Å². The number of Topliss-reactive ketones (excluding diaryl/α,β-unsaturated/α-hetero) is 2. The molecule has 7 unspecified atom stereocenters. The second kappa shape index (κ2) is 15.1. The lowest BCUT2D eigenvalue weighted by molar-refractivity contribution is -0.167. The summed E-state index contributed by atoms with van der Waals surface area (Å²) >= 11 is 0. The highest BCUT2D eigenvalue weighted by molar-refractivity contribution is 6.38. The normalized spacial score (nSPS) is 34.9. The van der Waals surface area contributed by atoms with E-state index in [1.807, 2.05) is 13.8 Å². The van der Waals surface area contributed by atoms with Crippen molar-refractivity contribution in [3.8, 4) is 0 Å². The summed E-state index contributed by atoms with van der Waals surface area (Å²) < 4.78 is 12.0. The number of carbonyl (C=O) groups excluding carboxylic acids is 4. The number of ether oxygens (including phenoxy) is 2. The first-order valence-corrected chi connectivity index (χ1v) is 15.4. The molecule has 7 atom stereocenters. The van der Waals surface area contributed by atoms with Gasteiger partial charge in [0.15, 0.2) is 0 Å². The molecule has 0 aromatic rings. The van der Waals surface area contributed by atoms with Crippen LogP contribution in [0.1, 0.15) is 112 Å². The van der Waals surface area contributed by atoms with Gasteiger partial charge in [0.05, 0.1) is 12.7 Å². The lowest BCUT2D eigenvalue weighted by Crippen LogP contribution is -2.56. The highest BCUT2D eigenvalue weighted by atomic mass is 16.5. The third-order valence-corrected chi connectivity index (χ3v) is 8.97. The molecule has 3 rings (SSSR count). The molecule has 3 aliphatic rings. The average molecular weight is 546 g/mol. The number of rotatable bonds is 2. The fourth-order valence-electron chi connectivity index (χ4n) is 6.39. The Kier molecular flexibility index (Phi) is 12.2. The number of nitrogens with zero attached hydrogens (tertiary/aromatic N) is 1. The van der Waals surface area contributed by atoms with Gasteiger partial charge in [-0.15, -0.1) is 0 Å². The van der Waals surface area contributed by atoms with E-state index in [2.05, 4.69) is 26.8 Å². The molecule has 0 aromatic heterocycles. The van der Waals surface area contributed by atoms with E-state index in [9.17, 15) is 19.2 Å². The van der Waals surface area contributed by atoms with Crippen LogP contribution in [0.2, 0.25) is 0 Å². The molecule has 3 aliphatic heterocycles. The van der Waals surface area contributed by atoms with Crippen LogP contribution in [0.4, 0.5) is 0 Å². The molecule has 0 aromatic carbocycles. The van der Waals surface area contributed by atoms with Gasteiger partial charge in [0.1, 0.15) is 17.9 Å². The molecular weight excluding hydrogens is 494 g/mol. The first kappa shape index (κ1) is 31.5. The SMILES string of the molecule is CCCC1CCN2C(=O)C(=O)C3OC(CCC(C)CC(C)=CCC(=O)CCC(C)COC(=O)C2C1)CCC3C. The second-order valence-corrected chi connectivity index (χ2v) is 12.7.